The fourth-order valence-electron chi connectivity index (χ4n) is 4.44. The van der Waals surface area contributed by atoms with E-state index < -0.39 is 21.9 Å². The summed E-state index contributed by atoms with van der Waals surface area (Å²) in [6.07, 6.45) is 5.15. The van der Waals surface area contributed by atoms with E-state index in [1.165, 1.54) is 23.1 Å². The van der Waals surface area contributed by atoms with E-state index >= 15 is 0 Å². The second kappa shape index (κ2) is 12.5. The third kappa shape index (κ3) is 7.67. The van der Waals surface area contributed by atoms with Gasteiger partial charge in [0.25, 0.3) is 0 Å². The summed E-state index contributed by atoms with van der Waals surface area (Å²) in [5.74, 6) is -1.18. The first-order valence-electron chi connectivity index (χ1n) is 12.1. The first-order chi connectivity index (χ1) is 17.1. The second-order valence-electron chi connectivity index (χ2n) is 9.21. The summed E-state index contributed by atoms with van der Waals surface area (Å²) in [4.78, 5) is 27.8. The number of carbonyl (C=O) groups is 2. The van der Waals surface area contributed by atoms with Crippen molar-refractivity contribution in [3.63, 3.8) is 0 Å². The summed E-state index contributed by atoms with van der Waals surface area (Å²) < 4.78 is 39.9. The molecule has 1 fully saturated rings. The van der Waals surface area contributed by atoms with Gasteiger partial charge in [0, 0.05) is 30.6 Å². The molecule has 0 radical (unpaired) electrons. The summed E-state index contributed by atoms with van der Waals surface area (Å²) >= 11 is 6.12. The maximum Gasteiger partial charge on any atom is 0.242 e. The quantitative estimate of drug-likeness (QED) is 0.457. The van der Waals surface area contributed by atoms with Crippen molar-refractivity contribution < 1.29 is 22.4 Å². The molecule has 10 heteroatoms. The van der Waals surface area contributed by atoms with Crippen molar-refractivity contribution in [2.45, 2.75) is 64.1 Å². The Kier molecular flexibility index (Phi) is 9.73. The highest BCUT2D eigenvalue weighted by atomic mass is 35.5. The largest absolute Gasteiger partial charge is 0.352 e. The molecule has 1 atom stereocenters. The van der Waals surface area contributed by atoms with Crippen LogP contribution in [0.5, 0.6) is 0 Å². The molecule has 0 saturated heterocycles. The first-order valence-corrected chi connectivity index (χ1v) is 14.4. The van der Waals surface area contributed by atoms with E-state index in [0.29, 0.717) is 5.02 Å². The Morgan fingerprint density at radius 3 is 2.47 bits per heavy atom. The van der Waals surface area contributed by atoms with Gasteiger partial charge in [0.05, 0.1) is 11.9 Å². The lowest BCUT2D eigenvalue weighted by molar-refractivity contribution is -0.141. The molecule has 0 aromatic heterocycles. The molecular weight excluding hydrogens is 505 g/mol. The zero-order valence-electron chi connectivity index (χ0n) is 20.6. The SMILES string of the molecule is CC(C(=O)NC1CCCC1)N(Cc1cccc(Cl)c1)C(=O)CCCN(c1ccccc1F)S(C)(=O)=O. The molecule has 1 N–H and O–H groups in total. The van der Waals surface area contributed by atoms with E-state index in [1.54, 1.807) is 31.2 Å². The Hall–Kier alpha value is -2.65. The lowest BCUT2D eigenvalue weighted by Gasteiger charge is -2.30. The summed E-state index contributed by atoms with van der Waals surface area (Å²) in [5.41, 5.74) is 0.716. The maximum absolute atomic E-state index is 14.3. The van der Waals surface area contributed by atoms with Crippen LogP contribution in [-0.4, -0.2) is 50.0 Å². The van der Waals surface area contributed by atoms with E-state index in [1.807, 2.05) is 6.07 Å². The van der Waals surface area contributed by atoms with E-state index in [0.717, 1.165) is 41.8 Å². The molecular formula is C26H33ClFN3O4S. The van der Waals surface area contributed by atoms with Crippen molar-refractivity contribution >= 4 is 39.1 Å². The fraction of sp³-hybridized carbons (Fsp3) is 0.462. The molecule has 1 saturated carbocycles. The molecule has 36 heavy (non-hydrogen) atoms. The third-order valence-electron chi connectivity index (χ3n) is 6.38. The molecule has 2 aromatic carbocycles. The Morgan fingerprint density at radius 2 is 1.83 bits per heavy atom. The van der Waals surface area contributed by atoms with Crippen molar-refractivity contribution in [2.75, 3.05) is 17.1 Å². The standard InChI is InChI=1S/C26H33ClFN3O4S/c1-19(26(33)29-22-11-3-4-12-22)30(18-20-9-7-10-21(27)17-20)25(32)15-8-16-31(36(2,34)35)24-14-6-5-13-23(24)28/h5-7,9-10,13-14,17,19,22H,3-4,8,11-12,15-16,18H2,1-2H3,(H,29,33). The fourth-order valence-corrected chi connectivity index (χ4v) is 5.62. The van der Waals surface area contributed by atoms with Gasteiger partial charge in [0.15, 0.2) is 0 Å². The predicted octanol–water partition coefficient (Wildman–Crippen LogP) is 4.50. The van der Waals surface area contributed by atoms with Gasteiger partial charge >= 0.3 is 0 Å². The average molecular weight is 538 g/mol. The minimum atomic E-state index is -3.77. The number of para-hydroxylation sites is 1. The van der Waals surface area contributed by atoms with E-state index in [2.05, 4.69) is 5.32 Å². The van der Waals surface area contributed by atoms with Gasteiger partial charge in [-0.05, 0) is 56.0 Å². The van der Waals surface area contributed by atoms with Crippen LogP contribution in [0.25, 0.3) is 0 Å². The highest BCUT2D eigenvalue weighted by Crippen LogP contribution is 2.23. The predicted molar refractivity (Wildman–Crippen MR) is 140 cm³/mol. The molecule has 7 nitrogen and oxygen atoms in total. The zero-order valence-corrected chi connectivity index (χ0v) is 22.2. The van der Waals surface area contributed by atoms with Crippen LogP contribution >= 0.6 is 11.6 Å². The Labute approximate surface area is 217 Å². The van der Waals surface area contributed by atoms with E-state index in [-0.39, 0.29) is 49.5 Å². The normalized spacial score (nSPS) is 14.9. The van der Waals surface area contributed by atoms with Gasteiger partial charge in [0.2, 0.25) is 21.8 Å². The number of hydrogen-bond acceptors (Lipinski definition) is 4. The van der Waals surface area contributed by atoms with Gasteiger partial charge < -0.3 is 10.2 Å². The van der Waals surface area contributed by atoms with E-state index in [9.17, 15) is 22.4 Å². The minimum absolute atomic E-state index is 0.0118. The van der Waals surface area contributed by atoms with Gasteiger partial charge in [-0.2, -0.15) is 0 Å². The van der Waals surface area contributed by atoms with Crippen LogP contribution in [0.4, 0.5) is 10.1 Å². The van der Waals surface area contributed by atoms with Gasteiger partial charge in [0.1, 0.15) is 11.9 Å². The highest BCUT2D eigenvalue weighted by molar-refractivity contribution is 7.92. The number of nitrogens with zero attached hydrogens (tertiary/aromatic N) is 2. The molecule has 2 aromatic rings. The van der Waals surface area contributed by atoms with Crippen molar-refractivity contribution in [2.24, 2.45) is 0 Å². The van der Waals surface area contributed by atoms with Crippen LogP contribution in [-0.2, 0) is 26.2 Å². The zero-order chi connectivity index (χ0) is 26.3. The molecule has 0 aliphatic heterocycles. The Bertz CT molecular complexity index is 1170. The molecule has 1 aliphatic carbocycles. The Balaban J connectivity index is 1.72. The van der Waals surface area contributed by atoms with Crippen LogP contribution in [0.3, 0.4) is 0 Å². The number of hydrogen-bond donors (Lipinski definition) is 1. The van der Waals surface area contributed by atoms with Gasteiger partial charge in [-0.1, -0.05) is 48.7 Å². The number of amides is 2. The molecule has 1 unspecified atom stereocenters. The second-order valence-corrected chi connectivity index (χ2v) is 11.6. The first kappa shape index (κ1) is 27.9. The Morgan fingerprint density at radius 1 is 1.14 bits per heavy atom. The monoisotopic (exact) mass is 537 g/mol. The van der Waals surface area contributed by atoms with Crippen LogP contribution in [0.2, 0.25) is 5.02 Å². The average Bonchev–Trinajstić information content (AvgIpc) is 3.33. The smallest absolute Gasteiger partial charge is 0.242 e. The van der Waals surface area contributed by atoms with Crippen molar-refractivity contribution in [3.8, 4) is 0 Å². The topological polar surface area (TPSA) is 86.8 Å². The maximum atomic E-state index is 14.3. The number of carbonyl (C=O) groups excluding carboxylic acids is 2. The summed E-state index contributed by atoms with van der Waals surface area (Å²) in [6, 6.07) is 12.1. The number of benzene rings is 2. The molecule has 0 bridgehead atoms. The minimum Gasteiger partial charge on any atom is -0.352 e. The summed E-state index contributed by atoms with van der Waals surface area (Å²) in [5, 5.41) is 3.57. The number of anilines is 1. The molecule has 2 amide bonds. The number of sulfonamides is 1. The summed E-state index contributed by atoms with van der Waals surface area (Å²) in [7, 11) is -3.77. The highest BCUT2D eigenvalue weighted by Gasteiger charge is 2.29. The number of rotatable bonds is 11. The van der Waals surface area contributed by atoms with Gasteiger partial charge in [-0.15, -0.1) is 0 Å². The molecule has 3 rings (SSSR count). The van der Waals surface area contributed by atoms with Crippen LogP contribution < -0.4 is 9.62 Å². The van der Waals surface area contributed by atoms with Crippen molar-refractivity contribution in [1.29, 1.82) is 0 Å². The van der Waals surface area contributed by atoms with Crippen LogP contribution in [0.15, 0.2) is 48.5 Å². The molecule has 196 valence electrons. The number of halogens is 2. The molecule has 1 aliphatic rings. The van der Waals surface area contributed by atoms with Crippen LogP contribution in [0.1, 0.15) is 51.0 Å². The number of nitrogens with one attached hydrogen (secondary N) is 1. The summed E-state index contributed by atoms with van der Waals surface area (Å²) in [6.45, 7) is 1.80. The van der Waals surface area contributed by atoms with Crippen LogP contribution in [0, 0.1) is 5.82 Å². The van der Waals surface area contributed by atoms with Gasteiger partial charge in [-0.25, -0.2) is 12.8 Å². The van der Waals surface area contributed by atoms with Crippen molar-refractivity contribution in [3.05, 3.63) is 64.9 Å². The lowest BCUT2D eigenvalue weighted by Crippen LogP contribution is -2.49. The van der Waals surface area contributed by atoms with Crippen molar-refractivity contribution in [1.82, 2.24) is 10.2 Å². The van der Waals surface area contributed by atoms with Gasteiger partial charge in [-0.3, -0.25) is 13.9 Å². The molecule has 0 spiro atoms. The van der Waals surface area contributed by atoms with E-state index in [4.69, 9.17) is 11.6 Å². The molecule has 0 heterocycles. The third-order valence-corrected chi connectivity index (χ3v) is 7.80. The lowest BCUT2D eigenvalue weighted by atomic mass is 10.1.